The molecule has 1 aromatic heterocycles. The van der Waals surface area contributed by atoms with Crippen LogP contribution in [0.2, 0.25) is 0 Å². The normalized spacial score (nSPS) is 12.5. The van der Waals surface area contributed by atoms with Crippen LogP contribution in [0.3, 0.4) is 0 Å². The van der Waals surface area contributed by atoms with Crippen LogP contribution in [0.4, 0.5) is 4.39 Å². The van der Waals surface area contributed by atoms with E-state index in [0.717, 1.165) is 5.56 Å². The molecular formula is C15H14FNO2. The third-order valence-electron chi connectivity index (χ3n) is 2.67. The van der Waals surface area contributed by atoms with Gasteiger partial charge in [0.15, 0.2) is 0 Å². The monoisotopic (exact) mass is 259 g/mol. The molecule has 2 rings (SSSR count). The Morgan fingerprint density at radius 2 is 2.05 bits per heavy atom. The number of hydrogen-bond donors (Lipinski definition) is 1. The predicted octanol–water partition coefficient (Wildman–Crippen LogP) is 3.31. The van der Waals surface area contributed by atoms with Crippen LogP contribution >= 0.6 is 0 Å². The fraction of sp³-hybridized carbons (Fsp3) is 0.133. The van der Waals surface area contributed by atoms with Gasteiger partial charge in [0.1, 0.15) is 11.6 Å². The van der Waals surface area contributed by atoms with Gasteiger partial charge in [-0.15, -0.1) is 0 Å². The van der Waals surface area contributed by atoms with Gasteiger partial charge in [-0.05, 0) is 42.8 Å². The van der Waals surface area contributed by atoms with Crippen molar-refractivity contribution in [3.63, 3.8) is 0 Å². The highest BCUT2D eigenvalue weighted by molar-refractivity contribution is 5.91. The first-order chi connectivity index (χ1) is 9.15. The van der Waals surface area contributed by atoms with Gasteiger partial charge < -0.3 is 9.73 Å². The Bertz CT molecular complexity index is 558. The topological polar surface area (TPSA) is 42.2 Å². The summed E-state index contributed by atoms with van der Waals surface area (Å²) in [6.07, 6.45) is 4.53. The number of carbonyl (C=O) groups excluding carboxylic acids is 1. The number of amides is 1. The predicted molar refractivity (Wildman–Crippen MR) is 70.7 cm³/mol. The second-order valence-electron chi connectivity index (χ2n) is 4.13. The van der Waals surface area contributed by atoms with Crippen molar-refractivity contribution in [2.75, 3.05) is 0 Å². The zero-order valence-electron chi connectivity index (χ0n) is 10.5. The van der Waals surface area contributed by atoms with Gasteiger partial charge in [0.05, 0.1) is 12.3 Å². The van der Waals surface area contributed by atoms with Crippen molar-refractivity contribution in [3.05, 3.63) is 65.9 Å². The average Bonchev–Trinajstić information content (AvgIpc) is 2.90. The molecule has 1 amide bonds. The van der Waals surface area contributed by atoms with Crippen LogP contribution in [0.25, 0.3) is 6.08 Å². The Balaban J connectivity index is 1.93. The molecule has 3 nitrogen and oxygen atoms in total. The van der Waals surface area contributed by atoms with Crippen LogP contribution in [0.5, 0.6) is 0 Å². The molecule has 1 N–H and O–H groups in total. The second kappa shape index (κ2) is 6.00. The lowest BCUT2D eigenvalue weighted by Gasteiger charge is -2.12. The average molecular weight is 259 g/mol. The summed E-state index contributed by atoms with van der Waals surface area (Å²) in [4.78, 5) is 11.7. The van der Waals surface area contributed by atoms with Gasteiger partial charge in [0.25, 0.3) is 0 Å². The highest BCUT2D eigenvalue weighted by Crippen LogP contribution is 2.12. The quantitative estimate of drug-likeness (QED) is 0.856. The molecule has 0 bridgehead atoms. The van der Waals surface area contributed by atoms with Crippen molar-refractivity contribution in [1.29, 1.82) is 0 Å². The van der Waals surface area contributed by atoms with E-state index >= 15 is 0 Å². The zero-order valence-corrected chi connectivity index (χ0v) is 10.5. The lowest BCUT2D eigenvalue weighted by atomic mass is 10.1. The van der Waals surface area contributed by atoms with Gasteiger partial charge in [0.2, 0.25) is 5.91 Å². The number of nitrogens with one attached hydrogen (secondary N) is 1. The molecule has 0 saturated heterocycles. The second-order valence-corrected chi connectivity index (χ2v) is 4.13. The molecule has 1 unspecified atom stereocenters. The summed E-state index contributed by atoms with van der Waals surface area (Å²) in [5.41, 5.74) is 0.848. The van der Waals surface area contributed by atoms with Crippen LogP contribution in [0, 0.1) is 5.82 Å². The van der Waals surface area contributed by atoms with Crippen molar-refractivity contribution in [2.45, 2.75) is 13.0 Å². The molecule has 98 valence electrons. The Kier molecular flexibility index (Phi) is 4.13. The summed E-state index contributed by atoms with van der Waals surface area (Å²) in [6, 6.07) is 9.36. The number of carbonyl (C=O) groups is 1. The molecule has 0 aliphatic heterocycles. The lowest BCUT2D eigenvalue weighted by molar-refractivity contribution is -0.117. The Morgan fingerprint density at radius 3 is 2.68 bits per heavy atom. The van der Waals surface area contributed by atoms with E-state index in [4.69, 9.17) is 4.42 Å². The van der Waals surface area contributed by atoms with E-state index in [9.17, 15) is 9.18 Å². The molecule has 19 heavy (non-hydrogen) atoms. The first kappa shape index (κ1) is 13.1. The third kappa shape index (κ3) is 3.81. The van der Waals surface area contributed by atoms with Gasteiger partial charge in [-0.3, -0.25) is 4.79 Å². The van der Waals surface area contributed by atoms with Gasteiger partial charge in [-0.25, -0.2) is 4.39 Å². The molecule has 0 radical (unpaired) electrons. The standard InChI is InChI=1S/C15H14FNO2/c1-11(12-4-6-13(16)7-5-12)17-15(18)9-8-14-3-2-10-19-14/h2-11H,1H3,(H,17,18). The minimum absolute atomic E-state index is 0.186. The summed E-state index contributed by atoms with van der Waals surface area (Å²) in [7, 11) is 0. The zero-order chi connectivity index (χ0) is 13.7. The molecular weight excluding hydrogens is 245 g/mol. The highest BCUT2D eigenvalue weighted by atomic mass is 19.1. The molecule has 0 spiro atoms. The third-order valence-corrected chi connectivity index (χ3v) is 2.67. The maximum absolute atomic E-state index is 12.8. The van der Waals surface area contributed by atoms with Gasteiger partial charge in [-0.2, -0.15) is 0 Å². The molecule has 4 heteroatoms. The van der Waals surface area contributed by atoms with Crippen molar-refractivity contribution in [2.24, 2.45) is 0 Å². The van der Waals surface area contributed by atoms with Crippen molar-refractivity contribution >= 4 is 12.0 Å². The molecule has 1 aromatic carbocycles. The van der Waals surface area contributed by atoms with E-state index in [0.29, 0.717) is 5.76 Å². The van der Waals surface area contributed by atoms with E-state index < -0.39 is 0 Å². The van der Waals surface area contributed by atoms with Crippen LogP contribution in [-0.4, -0.2) is 5.91 Å². The summed E-state index contributed by atoms with van der Waals surface area (Å²) in [6.45, 7) is 1.84. The van der Waals surface area contributed by atoms with Crippen molar-refractivity contribution in [3.8, 4) is 0 Å². The summed E-state index contributed by atoms with van der Waals surface area (Å²) < 4.78 is 17.9. The minimum atomic E-state index is -0.292. The molecule has 0 saturated carbocycles. The summed E-state index contributed by atoms with van der Waals surface area (Å²) >= 11 is 0. The Morgan fingerprint density at radius 1 is 1.32 bits per heavy atom. The number of halogens is 1. The van der Waals surface area contributed by atoms with Crippen molar-refractivity contribution in [1.82, 2.24) is 5.32 Å². The maximum atomic E-state index is 12.8. The van der Waals surface area contributed by atoms with E-state index in [1.54, 1.807) is 36.6 Å². The lowest BCUT2D eigenvalue weighted by Crippen LogP contribution is -2.24. The number of furan rings is 1. The smallest absolute Gasteiger partial charge is 0.244 e. The van der Waals surface area contributed by atoms with E-state index in [2.05, 4.69) is 5.32 Å². The van der Waals surface area contributed by atoms with E-state index in [1.807, 2.05) is 6.92 Å². The van der Waals surface area contributed by atoms with E-state index in [1.165, 1.54) is 18.2 Å². The van der Waals surface area contributed by atoms with Gasteiger partial charge in [-0.1, -0.05) is 12.1 Å². The first-order valence-electron chi connectivity index (χ1n) is 5.93. The SMILES string of the molecule is CC(NC(=O)C=Cc1ccco1)c1ccc(F)cc1. The number of benzene rings is 1. The minimum Gasteiger partial charge on any atom is -0.465 e. The highest BCUT2D eigenvalue weighted by Gasteiger charge is 2.07. The molecule has 1 atom stereocenters. The maximum Gasteiger partial charge on any atom is 0.244 e. The van der Waals surface area contributed by atoms with Crippen LogP contribution in [0.1, 0.15) is 24.3 Å². The number of hydrogen-bond acceptors (Lipinski definition) is 2. The summed E-state index contributed by atoms with van der Waals surface area (Å²) in [5.74, 6) is 0.0952. The molecule has 0 aliphatic rings. The Labute approximate surface area is 110 Å². The van der Waals surface area contributed by atoms with E-state index in [-0.39, 0.29) is 17.8 Å². The van der Waals surface area contributed by atoms with Crippen LogP contribution < -0.4 is 5.32 Å². The van der Waals surface area contributed by atoms with Crippen molar-refractivity contribution < 1.29 is 13.6 Å². The van der Waals surface area contributed by atoms with Crippen LogP contribution in [0.15, 0.2) is 53.2 Å². The fourth-order valence-corrected chi connectivity index (χ4v) is 1.64. The Hall–Kier alpha value is -2.36. The first-order valence-corrected chi connectivity index (χ1v) is 5.93. The van der Waals surface area contributed by atoms with Gasteiger partial charge in [0, 0.05) is 6.08 Å². The summed E-state index contributed by atoms with van der Waals surface area (Å²) in [5, 5.41) is 2.79. The van der Waals surface area contributed by atoms with Crippen LogP contribution in [-0.2, 0) is 4.79 Å². The fourth-order valence-electron chi connectivity index (χ4n) is 1.64. The largest absolute Gasteiger partial charge is 0.465 e. The molecule has 0 fully saturated rings. The molecule has 0 aliphatic carbocycles. The number of rotatable bonds is 4. The molecule has 1 heterocycles. The van der Waals surface area contributed by atoms with Gasteiger partial charge >= 0.3 is 0 Å². The molecule has 2 aromatic rings.